The van der Waals surface area contributed by atoms with E-state index in [1.165, 1.54) is 12.8 Å². The van der Waals surface area contributed by atoms with E-state index in [-0.39, 0.29) is 0 Å². The first-order valence-electron chi connectivity index (χ1n) is 5.71. The summed E-state index contributed by atoms with van der Waals surface area (Å²) in [5.41, 5.74) is 1.35. The molecule has 0 radical (unpaired) electrons. The molecule has 1 fully saturated rings. The van der Waals surface area contributed by atoms with Crippen LogP contribution in [0.1, 0.15) is 35.4 Å². The highest BCUT2D eigenvalue weighted by Crippen LogP contribution is 2.32. The maximum atomic E-state index is 10.8. The van der Waals surface area contributed by atoms with Crippen LogP contribution in [0.25, 0.3) is 0 Å². The van der Waals surface area contributed by atoms with E-state index < -0.39 is 0 Å². The third-order valence-electron chi connectivity index (χ3n) is 2.97. The molecule has 1 heterocycles. The van der Waals surface area contributed by atoms with Gasteiger partial charge < -0.3 is 4.74 Å². The van der Waals surface area contributed by atoms with E-state index in [0.717, 1.165) is 30.9 Å². The van der Waals surface area contributed by atoms with Gasteiger partial charge in [0, 0.05) is 20.1 Å². The van der Waals surface area contributed by atoms with Gasteiger partial charge in [0.15, 0.2) is 6.29 Å². The number of aromatic nitrogens is 3. The molecule has 1 saturated carbocycles. The van der Waals surface area contributed by atoms with Gasteiger partial charge in [-0.2, -0.15) is 0 Å². The number of nitrogens with zero attached hydrogens (tertiary/aromatic N) is 3. The predicted octanol–water partition coefficient (Wildman–Crippen LogP) is 1.08. The molecule has 0 amide bonds. The van der Waals surface area contributed by atoms with Gasteiger partial charge in [0.2, 0.25) is 0 Å². The quantitative estimate of drug-likeness (QED) is 0.649. The smallest absolute Gasteiger partial charge is 0.172 e. The lowest BCUT2D eigenvalue weighted by Gasteiger charge is -2.05. The van der Waals surface area contributed by atoms with Crippen molar-refractivity contribution in [3.63, 3.8) is 0 Å². The monoisotopic (exact) mass is 223 g/mol. The summed E-state index contributed by atoms with van der Waals surface area (Å²) in [5, 5.41) is 7.89. The summed E-state index contributed by atoms with van der Waals surface area (Å²) < 4.78 is 6.87. The standard InChI is InChI=1S/C11H17N3O2/c1-16-7-5-11-10(8-15)12-13-14(11)6-4-9-2-3-9/h8-9H,2-7H2,1H3. The Bertz CT molecular complexity index is 358. The van der Waals surface area contributed by atoms with Crippen LogP contribution in [0.15, 0.2) is 0 Å². The molecule has 16 heavy (non-hydrogen) atoms. The summed E-state index contributed by atoms with van der Waals surface area (Å²) in [6.45, 7) is 1.46. The largest absolute Gasteiger partial charge is 0.384 e. The number of carbonyl (C=O) groups is 1. The SMILES string of the molecule is COCCc1c(C=O)nnn1CCC1CC1. The van der Waals surface area contributed by atoms with Gasteiger partial charge in [-0.1, -0.05) is 18.1 Å². The normalized spacial score (nSPS) is 15.3. The van der Waals surface area contributed by atoms with E-state index in [2.05, 4.69) is 10.3 Å². The molecule has 0 atom stereocenters. The van der Waals surface area contributed by atoms with Crippen molar-refractivity contribution < 1.29 is 9.53 Å². The molecule has 2 rings (SSSR count). The Labute approximate surface area is 94.8 Å². The summed E-state index contributed by atoms with van der Waals surface area (Å²) in [6.07, 6.45) is 5.28. The second kappa shape index (κ2) is 5.21. The zero-order valence-corrected chi connectivity index (χ0v) is 9.56. The molecule has 0 aliphatic heterocycles. The molecule has 0 aromatic carbocycles. The Hall–Kier alpha value is -1.23. The third kappa shape index (κ3) is 2.66. The van der Waals surface area contributed by atoms with Crippen LogP contribution in [-0.2, 0) is 17.7 Å². The van der Waals surface area contributed by atoms with Crippen molar-refractivity contribution in [2.24, 2.45) is 5.92 Å². The third-order valence-corrected chi connectivity index (χ3v) is 2.97. The molecule has 5 nitrogen and oxygen atoms in total. The van der Waals surface area contributed by atoms with Gasteiger partial charge in [0.1, 0.15) is 5.69 Å². The molecule has 88 valence electrons. The van der Waals surface area contributed by atoms with Crippen LogP contribution in [0.5, 0.6) is 0 Å². The molecule has 1 aromatic rings. The van der Waals surface area contributed by atoms with E-state index >= 15 is 0 Å². The average molecular weight is 223 g/mol. The van der Waals surface area contributed by atoms with Crippen LogP contribution in [-0.4, -0.2) is 35.0 Å². The van der Waals surface area contributed by atoms with E-state index in [0.29, 0.717) is 18.7 Å². The van der Waals surface area contributed by atoms with E-state index in [1.807, 2.05) is 4.68 Å². The van der Waals surface area contributed by atoms with Gasteiger partial charge in [0.25, 0.3) is 0 Å². The molecular weight excluding hydrogens is 206 g/mol. The number of hydrogen-bond donors (Lipinski definition) is 0. The molecule has 0 N–H and O–H groups in total. The number of aldehydes is 1. The van der Waals surface area contributed by atoms with Crippen LogP contribution in [0.4, 0.5) is 0 Å². The lowest BCUT2D eigenvalue weighted by Crippen LogP contribution is -2.09. The van der Waals surface area contributed by atoms with E-state index in [1.54, 1.807) is 7.11 Å². The Morgan fingerprint density at radius 3 is 3.00 bits per heavy atom. The highest BCUT2D eigenvalue weighted by Gasteiger charge is 2.22. The molecule has 1 aliphatic rings. The van der Waals surface area contributed by atoms with Crippen molar-refractivity contribution in [3.05, 3.63) is 11.4 Å². The Morgan fingerprint density at radius 1 is 1.56 bits per heavy atom. The molecule has 5 heteroatoms. The van der Waals surface area contributed by atoms with Crippen molar-refractivity contribution in [2.75, 3.05) is 13.7 Å². The summed E-state index contributed by atoms with van der Waals surface area (Å²) in [5.74, 6) is 0.860. The van der Waals surface area contributed by atoms with Crippen molar-refractivity contribution in [2.45, 2.75) is 32.2 Å². The minimum Gasteiger partial charge on any atom is -0.384 e. The van der Waals surface area contributed by atoms with Crippen LogP contribution in [0.2, 0.25) is 0 Å². The summed E-state index contributed by atoms with van der Waals surface area (Å²) in [6, 6.07) is 0. The van der Waals surface area contributed by atoms with Crippen molar-refractivity contribution in [1.29, 1.82) is 0 Å². The Balaban J connectivity index is 2.02. The lowest BCUT2D eigenvalue weighted by atomic mass is 10.2. The Kier molecular flexibility index (Phi) is 3.66. The van der Waals surface area contributed by atoms with Crippen LogP contribution < -0.4 is 0 Å². The molecule has 0 bridgehead atoms. The van der Waals surface area contributed by atoms with Gasteiger partial charge in [-0.25, -0.2) is 4.68 Å². The van der Waals surface area contributed by atoms with Gasteiger partial charge in [-0.15, -0.1) is 5.10 Å². The van der Waals surface area contributed by atoms with Crippen LogP contribution in [0, 0.1) is 5.92 Å². The number of aryl methyl sites for hydroxylation is 1. The fourth-order valence-corrected chi connectivity index (χ4v) is 1.78. The zero-order chi connectivity index (χ0) is 11.4. The van der Waals surface area contributed by atoms with Gasteiger partial charge in [-0.05, 0) is 12.3 Å². The number of ether oxygens (including phenoxy) is 1. The summed E-state index contributed by atoms with van der Waals surface area (Å²) in [4.78, 5) is 10.8. The number of rotatable bonds is 7. The van der Waals surface area contributed by atoms with Crippen molar-refractivity contribution in [3.8, 4) is 0 Å². The highest BCUT2D eigenvalue weighted by molar-refractivity contribution is 5.73. The number of hydrogen-bond acceptors (Lipinski definition) is 4. The van der Waals surface area contributed by atoms with Gasteiger partial charge in [-0.3, -0.25) is 4.79 Å². The zero-order valence-electron chi connectivity index (χ0n) is 9.56. The maximum absolute atomic E-state index is 10.8. The lowest BCUT2D eigenvalue weighted by molar-refractivity contribution is 0.111. The second-order valence-corrected chi connectivity index (χ2v) is 4.24. The number of methoxy groups -OCH3 is 1. The Morgan fingerprint density at radius 2 is 2.38 bits per heavy atom. The van der Waals surface area contributed by atoms with Crippen molar-refractivity contribution in [1.82, 2.24) is 15.0 Å². The van der Waals surface area contributed by atoms with E-state index in [9.17, 15) is 4.79 Å². The predicted molar refractivity (Wildman–Crippen MR) is 58.3 cm³/mol. The van der Waals surface area contributed by atoms with Crippen molar-refractivity contribution >= 4 is 6.29 Å². The molecule has 0 saturated heterocycles. The average Bonchev–Trinajstić information content (AvgIpc) is 3.05. The first-order valence-corrected chi connectivity index (χ1v) is 5.71. The topological polar surface area (TPSA) is 57.0 Å². The minimum atomic E-state index is 0.452. The van der Waals surface area contributed by atoms with Gasteiger partial charge in [0.05, 0.1) is 12.3 Å². The van der Waals surface area contributed by atoms with E-state index in [4.69, 9.17) is 4.74 Å². The molecular formula is C11H17N3O2. The van der Waals surface area contributed by atoms with Gasteiger partial charge >= 0.3 is 0 Å². The fourth-order valence-electron chi connectivity index (χ4n) is 1.78. The molecule has 1 aliphatic carbocycles. The second-order valence-electron chi connectivity index (χ2n) is 4.24. The molecule has 0 unspecified atom stereocenters. The van der Waals surface area contributed by atoms with Crippen LogP contribution >= 0.6 is 0 Å². The molecule has 0 spiro atoms. The van der Waals surface area contributed by atoms with Crippen LogP contribution in [0.3, 0.4) is 0 Å². The molecule has 1 aromatic heterocycles. The highest BCUT2D eigenvalue weighted by atomic mass is 16.5. The summed E-state index contributed by atoms with van der Waals surface area (Å²) >= 11 is 0. The minimum absolute atomic E-state index is 0.452. The first-order chi connectivity index (χ1) is 7.85. The first kappa shape index (κ1) is 11.3. The maximum Gasteiger partial charge on any atom is 0.172 e. The number of carbonyl (C=O) groups excluding carboxylic acids is 1. The summed E-state index contributed by atoms with van der Waals surface area (Å²) in [7, 11) is 1.65. The fraction of sp³-hybridized carbons (Fsp3) is 0.727.